The van der Waals surface area contributed by atoms with Gasteiger partial charge in [0.25, 0.3) is 5.91 Å². The standard InChI is InChI=1S/C27H27N3O3S/c1-2-33-24-14-8-21(9-15-24)18-28-29-26(32)22-10-12-23(13-11-22)27-30(25(31)19-34-27)17-16-20-6-4-3-5-7-20/h3-15,18,27H,2,16-17,19H2,1H3,(H,29,32)/b28-18-/t27-/m0/s1. The lowest BCUT2D eigenvalue weighted by Crippen LogP contribution is -2.30. The van der Waals surface area contributed by atoms with Crippen LogP contribution < -0.4 is 10.2 Å². The van der Waals surface area contributed by atoms with E-state index in [4.69, 9.17) is 4.74 Å². The lowest BCUT2D eigenvalue weighted by atomic mass is 10.1. The van der Waals surface area contributed by atoms with Crippen molar-refractivity contribution in [3.8, 4) is 5.75 Å². The molecule has 1 aliphatic rings. The van der Waals surface area contributed by atoms with Crippen LogP contribution in [0.4, 0.5) is 0 Å². The minimum Gasteiger partial charge on any atom is -0.494 e. The van der Waals surface area contributed by atoms with E-state index in [9.17, 15) is 9.59 Å². The van der Waals surface area contributed by atoms with Crippen molar-refractivity contribution < 1.29 is 14.3 Å². The van der Waals surface area contributed by atoms with Gasteiger partial charge in [-0.1, -0.05) is 42.5 Å². The van der Waals surface area contributed by atoms with Crippen LogP contribution in [0.15, 0.2) is 84.0 Å². The number of hydrogen-bond donors (Lipinski definition) is 1. The molecule has 3 aromatic carbocycles. The molecule has 1 heterocycles. The first-order valence-electron chi connectivity index (χ1n) is 11.3. The molecule has 0 unspecified atom stereocenters. The molecule has 0 saturated carbocycles. The van der Waals surface area contributed by atoms with Gasteiger partial charge >= 0.3 is 0 Å². The number of nitrogens with zero attached hydrogens (tertiary/aromatic N) is 2. The molecule has 4 rings (SSSR count). The molecule has 0 radical (unpaired) electrons. The second-order valence-corrected chi connectivity index (χ2v) is 8.88. The summed E-state index contributed by atoms with van der Waals surface area (Å²) in [4.78, 5) is 26.9. The lowest BCUT2D eigenvalue weighted by molar-refractivity contribution is -0.128. The maximum Gasteiger partial charge on any atom is 0.271 e. The third-order valence-electron chi connectivity index (χ3n) is 5.48. The molecular formula is C27H27N3O3S. The number of carbonyl (C=O) groups excluding carboxylic acids is 2. The quantitative estimate of drug-likeness (QED) is 0.362. The molecule has 34 heavy (non-hydrogen) atoms. The van der Waals surface area contributed by atoms with E-state index in [2.05, 4.69) is 22.7 Å². The Hall–Kier alpha value is -3.58. The van der Waals surface area contributed by atoms with Gasteiger partial charge in [0, 0.05) is 12.1 Å². The van der Waals surface area contributed by atoms with Gasteiger partial charge in [-0.2, -0.15) is 5.10 Å². The van der Waals surface area contributed by atoms with Crippen molar-refractivity contribution in [3.05, 3.63) is 101 Å². The third kappa shape index (κ3) is 6.05. The Balaban J connectivity index is 1.34. The van der Waals surface area contributed by atoms with Gasteiger partial charge in [-0.05, 0) is 66.4 Å². The third-order valence-corrected chi connectivity index (χ3v) is 6.74. The first-order valence-corrected chi connectivity index (χ1v) is 12.3. The average molecular weight is 474 g/mol. The smallest absolute Gasteiger partial charge is 0.271 e. The number of rotatable bonds is 9. The summed E-state index contributed by atoms with van der Waals surface area (Å²) in [6.07, 6.45) is 2.41. The van der Waals surface area contributed by atoms with Crippen molar-refractivity contribution in [2.24, 2.45) is 5.10 Å². The summed E-state index contributed by atoms with van der Waals surface area (Å²) in [6.45, 7) is 3.22. The van der Waals surface area contributed by atoms with Crippen molar-refractivity contribution in [3.63, 3.8) is 0 Å². The molecule has 3 aromatic rings. The Kier molecular flexibility index (Phi) is 7.99. The maximum absolute atomic E-state index is 12.5. The van der Waals surface area contributed by atoms with Gasteiger partial charge in [-0.3, -0.25) is 9.59 Å². The van der Waals surface area contributed by atoms with Gasteiger partial charge in [0.05, 0.1) is 18.6 Å². The Morgan fingerprint density at radius 2 is 1.82 bits per heavy atom. The number of carbonyl (C=O) groups is 2. The fourth-order valence-electron chi connectivity index (χ4n) is 3.71. The number of amides is 2. The summed E-state index contributed by atoms with van der Waals surface area (Å²) in [5, 5.41) is 4.01. The molecule has 1 atom stereocenters. The van der Waals surface area contributed by atoms with Crippen LogP contribution in [-0.2, 0) is 11.2 Å². The van der Waals surface area contributed by atoms with E-state index < -0.39 is 0 Å². The molecular weight excluding hydrogens is 446 g/mol. The first kappa shape index (κ1) is 23.6. The fraction of sp³-hybridized carbons (Fsp3) is 0.222. The van der Waals surface area contributed by atoms with E-state index in [0.29, 0.717) is 24.5 Å². The Morgan fingerprint density at radius 1 is 1.09 bits per heavy atom. The normalized spacial score (nSPS) is 15.6. The van der Waals surface area contributed by atoms with Gasteiger partial charge in [0.1, 0.15) is 11.1 Å². The van der Waals surface area contributed by atoms with Crippen LogP contribution in [-0.4, -0.2) is 41.8 Å². The zero-order valence-corrected chi connectivity index (χ0v) is 19.8. The van der Waals surface area contributed by atoms with Crippen LogP contribution in [0, 0.1) is 0 Å². The van der Waals surface area contributed by atoms with Gasteiger partial charge in [0.15, 0.2) is 0 Å². The van der Waals surface area contributed by atoms with E-state index in [1.54, 1.807) is 30.1 Å². The Bertz CT molecular complexity index is 1130. The maximum atomic E-state index is 12.5. The van der Waals surface area contributed by atoms with Crippen molar-refractivity contribution in [1.82, 2.24) is 10.3 Å². The summed E-state index contributed by atoms with van der Waals surface area (Å²) in [7, 11) is 0. The van der Waals surface area contributed by atoms with E-state index in [1.807, 2.05) is 66.4 Å². The minimum atomic E-state index is -0.287. The highest BCUT2D eigenvalue weighted by atomic mass is 32.2. The molecule has 0 aromatic heterocycles. The first-order chi connectivity index (χ1) is 16.6. The molecule has 1 N–H and O–H groups in total. The van der Waals surface area contributed by atoms with E-state index >= 15 is 0 Å². The van der Waals surface area contributed by atoms with Crippen LogP contribution in [0.1, 0.15) is 39.3 Å². The lowest BCUT2D eigenvalue weighted by Gasteiger charge is -2.24. The zero-order valence-electron chi connectivity index (χ0n) is 19.0. The summed E-state index contributed by atoms with van der Waals surface area (Å²) < 4.78 is 5.42. The van der Waals surface area contributed by atoms with Crippen LogP contribution >= 0.6 is 11.8 Å². The van der Waals surface area contributed by atoms with Crippen LogP contribution in [0.5, 0.6) is 5.75 Å². The van der Waals surface area contributed by atoms with Gasteiger partial charge < -0.3 is 9.64 Å². The molecule has 1 aliphatic heterocycles. The monoisotopic (exact) mass is 473 g/mol. The number of thioether (sulfide) groups is 1. The zero-order chi connectivity index (χ0) is 23.8. The molecule has 0 spiro atoms. The molecule has 0 bridgehead atoms. The van der Waals surface area contributed by atoms with Crippen LogP contribution in [0.2, 0.25) is 0 Å². The van der Waals surface area contributed by atoms with Gasteiger partial charge in [-0.25, -0.2) is 5.43 Å². The number of nitrogens with one attached hydrogen (secondary N) is 1. The molecule has 1 fully saturated rings. The largest absolute Gasteiger partial charge is 0.494 e. The minimum absolute atomic E-state index is 0.0361. The fourth-order valence-corrected chi connectivity index (χ4v) is 4.93. The Labute approximate surface area is 204 Å². The highest BCUT2D eigenvalue weighted by Crippen LogP contribution is 2.38. The average Bonchev–Trinajstić information content (AvgIpc) is 3.24. The second kappa shape index (κ2) is 11.5. The molecule has 1 saturated heterocycles. The predicted octanol–water partition coefficient (Wildman–Crippen LogP) is 4.67. The van der Waals surface area contributed by atoms with Crippen molar-refractivity contribution in [2.45, 2.75) is 18.7 Å². The summed E-state index contributed by atoms with van der Waals surface area (Å²) in [5.41, 5.74) is 6.15. The topological polar surface area (TPSA) is 71.0 Å². The van der Waals surface area contributed by atoms with Gasteiger partial charge in [-0.15, -0.1) is 11.8 Å². The van der Waals surface area contributed by atoms with Crippen LogP contribution in [0.3, 0.4) is 0 Å². The van der Waals surface area contributed by atoms with Crippen molar-refractivity contribution >= 4 is 29.8 Å². The number of hydrazone groups is 1. The van der Waals surface area contributed by atoms with E-state index in [1.165, 1.54) is 5.56 Å². The predicted molar refractivity (Wildman–Crippen MR) is 136 cm³/mol. The van der Waals surface area contributed by atoms with E-state index in [0.717, 1.165) is 23.3 Å². The Morgan fingerprint density at radius 3 is 2.53 bits per heavy atom. The second-order valence-electron chi connectivity index (χ2n) is 7.81. The van der Waals surface area contributed by atoms with Gasteiger partial charge in [0.2, 0.25) is 5.91 Å². The summed E-state index contributed by atoms with van der Waals surface area (Å²) >= 11 is 1.62. The number of hydrogen-bond acceptors (Lipinski definition) is 5. The highest BCUT2D eigenvalue weighted by molar-refractivity contribution is 8.00. The summed E-state index contributed by atoms with van der Waals surface area (Å²) in [5.74, 6) is 1.13. The molecule has 174 valence electrons. The summed E-state index contributed by atoms with van der Waals surface area (Å²) in [6, 6.07) is 25.0. The molecule has 6 nitrogen and oxygen atoms in total. The molecule has 7 heteroatoms. The molecule has 2 amide bonds. The molecule has 0 aliphatic carbocycles. The highest BCUT2D eigenvalue weighted by Gasteiger charge is 2.32. The van der Waals surface area contributed by atoms with Crippen molar-refractivity contribution in [2.75, 3.05) is 18.9 Å². The van der Waals surface area contributed by atoms with E-state index in [-0.39, 0.29) is 17.2 Å². The van der Waals surface area contributed by atoms with Crippen LogP contribution in [0.25, 0.3) is 0 Å². The number of ether oxygens (including phenoxy) is 1. The van der Waals surface area contributed by atoms with Crippen molar-refractivity contribution in [1.29, 1.82) is 0 Å². The SMILES string of the molecule is CCOc1ccc(/C=N\NC(=O)c2ccc([C@@H]3SCC(=O)N3CCc3ccccc3)cc2)cc1. The number of benzene rings is 3.